The van der Waals surface area contributed by atoms with Crippen molar-refractivity contribution in [1.29, 1.82) is 0 Å². The van der Waals surface area contributed by atoms with E-state index in [0.29, 0.717) is 18.2 Å². The van der Waals surface area contributed by atoms with Gasteiger partial charge in [-0.15, -0.1) is 10.2 Å². The van der Waals surface area contributed by atoms with Gasteiger partial charge in [0.2, 0.25) is 5.91 Å². The fourth-order valence-electron chi connectivity index (χ4n) is 3.49. The second-order valence-electron chi connectivity index (χ2n) is 7.75. The number of hydrogen-bond acceptors (Lipinski definition) is 5. The Morgan fingerprint density at radius 1 is 1.00 bits per heavy atom. The summed E-state index contributed by atoms with van der Waals surface area (Å²) in [5.74, 6) is 1.90. The molecule has 0 fully saturated rings. The van der Waals surface area contributed by atoms with Crippen LogP contribution >= 0.6 is 11.8 Å². The van der Waals surface area contributed by atoms with Crippen molar-refractivity contribution >= 4 is 17.7 Å². The molecule has 0 saturated heterocycles. The molecule has 2 aromatic heterocycles. The number of aromatic nitrogens is 3. The lowest BCUT2D eigenvalue weighted by atomic mass is 10.1. The molecule has 4 aromatic rings. The monoisotopic (exact) mass is 446 g/mol. The third-order valence-corrected chi connectivity index (χ3v) is 6.37. The molecule has 0 aliphatic rings. The second kappa shape index (κ2) is 9.87. The fourth-order valence-corrected chi connectivity index (χ4v) is 4.37. The summed E-state index contributed by atoms with van der Waals surface area (Å²) in [4.78, 5) is 14.6. The molecule has 6 nitrogen and oxygen atoms in total. The predicted octanol–water partition coefficient (Wildman–Crippen LogP) is 4.95. The average Bonchev–Trinajstić information content (AvgIpc) is 3.44. The molecule has 2 aromatic carbocycles. The fraction of sp³-hybridized carbons (Fsp3) is 0.240. The quantitative estimate of drug-likeness (QED) is 0.358. The Morgan fingerprint density at radius 3 is 2.47 bits per heavy atom. The largest absolute Gasteiger partial charge is 0.467 e. The first-order valence-corrected chi connectivity index (χ1v) is 11.4. The molecule has 0 aliphatic heterocycles. The highest BCUT2D eigenvalue weighted by Gasteiger charge is 2.19. The molecule has 7 heteroatoms. The number of carbonyl (C=O) groups is 1. The van der Waals surface area contributed by atoms with Gasteiger partial charge < -0.3 is 9.32 Å². The van der Waals surface area contributed by atoms with Gasteiger partial charge >= 0.3 is 0 Å². The minimum absolute atomic E-state index is 0.0447. The molecule has 0 saturated carbocycles. The molecule has 32 heavy (non-hydrogen) atoms. The van der Waals surface area contributed by atoms with Crippen LogP contribution in [0.2, 0.25) is 0 Å². The van der Waals surface area contributed by atoms with Crippen molar-refractivity contribution in [3.05, 3.63) is 89.4 Å². The first kappa shape index (κ1) is 21.9. The summed E-state index contributed by atoms with van der Waals surface area (Å²) in [6.07, 6.45) is 1.66. The first-order valence-electron chi connectivity index (χ1n) is 10.5. The highest BCUT2D eigenvalue weighted by atomic mass is 32.2. The normalized spacial score (nSPS) is 11.0. The van der Waals surface area contributed by atoms with Crippen molar-refractivity contribution in [2.45, 2.75) is 32.1 Å². The lowest BCUT2D eigenvalue weighted by Crippen LogP contribution is -2.28. The molecule has 0 spiro atoms. The Labute approximate surface area is 192 Å². The van der Waals surface area contributed by atoms with Gasteiger partial charge in [-0.3, -0.25) is 9.36 Å². The van der Waals surface area contributed by atoms with E-state index in [1.165, 1.54) is 17.3 Å². The van der Waals surface area contributed by atoms with E-state index in [0.717, 1.165) is 28.3 Å². The third-order valence-electron chi connectivity index (χ3n) is 5.42. The van der Waals surface area contributed by atoms with Gasteiger partial charge in [0, 0.05) is 19.2 Å². The van der Waals surface area contributed by atoms with Gasteiger partial charge in [0.1, 0.15) is 5.76 Å². The highest BCUT2D eigenvalue weighted by Crippen LogP contribution is 2.27. The van der Waals surface area contributed by atoms with Gasteiger partial charge in [0.15, 0.2) is 11.0 Å². The molecule has 0 atom stereocenters. The SMILES string of the molecule is Cc1ccccc1CN(C)C(=O)CSc1nnc(-c2ccccc2C)n1Cc1ccco1. The maximum Gasteiger partial charge on any atom is 0.233 e. The molecular weight excluding hydrogens is 420 g/mol. The number of carbonyl (C=O) groups excluding carboxylic acids is 1. The Kier molecular flexibility index (Phi) is 6.75. The number of benzene rings is 2. The molecular formula is C25H26N4O2S. The molecule has 0 aliphatic carbocycles. The summed E-state index contributed by atoms with van der Waals surface area (Å²) in [7, 11) is 1.83. The van der Waals surface area contributed by atoms with Crippen LogP contribution in [0.1, 0.15) is 22.5 Å². The molecule has 4 rings (SSSR count). The molecule has 1 amide bonds. The van der Waals surface area contributed by atoms with Crippen LogP contribution in [-0.4, -0.2) is 38.4 Å². The van der Waals surface area contributed by atoms with E-state index in [-0.39, 0.29) is 11.7 Å². The number of furan rings is 1. The Hall–Kier alpha value is -3.32. The summed E-state index contributed by atoms with van der Waals surface area (Å²) in [6.45, 7) is 5.20. The maximum atomic E-state index is 12.8. The molecule has 0 N–H and O–H groups in total. The maximum absolute atomic E-state index is 12.8. The van der Waals surface area contributed by atoms with Crippen LogP contribution in [0.5, 0.6) is 0 Å². The summed E-state index contributed by atoms with van der Waals surface area (Å²) < 4.78 is 7.58. The van der Waals surface area contributed by atoms with Gasteiger partial charge in [-0.25, -0.2) is 0 Å². The van der Waals surface area contributed by atoms with Crippen molar-refractivity contribution in [2.75, 3.05) is 12.8 Å². The van der Waals surface area contributed by atoms with Crippen molar-refractivity contribution in [2.24, 2.45) is 0 Å². The summed E-state index contributed by atoms with van der Waals surface area (Å²) >= 11 is 1.40. The van der Waals surface area contributed by atoms with Gasteiger partial charge in [-0.2, -0.15) is 0 Å². The Balaban J connectivity index is 1.52. The van der Waals surface area contributed by atoms with E-state index in [4.69, 9.17) is 4.42 Å². The Morgan fingerprint density at radius 2 is 1.75 bits per heavy atom. The number of nitrogens with zero attached hydrogens (tertiary/aromatic N) is 4. The number of rotatable bonds is 8. The van der Waals surface area contributed by atoms with Crippen LogP contribution in [0.4, 0.5) is 0 Å². The minimum atomic E-state index is 0.0447. The zero-order chi connectivity index (χ0) is 22.5. The van der Waals surface area contributed by atoms with Gasteiger partial charge in [-0.1, -0.05) is 60.3 Å². The molecule has 0 bridgehead atoms. The van der Waals surface area contributed by atoms with E-state index in [1.54, 1.807) is 11.2 Å². The van der Waals surface area contributed by atoms with E-state index >= 15 is 0 Å². The number of hydrogen-bond donors (Lipinski definition) is 0. The van der Waals surface area contributed by atoms with Crippen LogP contribution < -0.4 is 0 Å². The lowest BCUT2D eigenvalue weighted by molar-refractivity contribution is -0.127. The lowest BCUT2D eigenvalue weighted by Gasteiger charge is -2.18. The third kappa shape index (κ3) is 4.94. The van der Waals surface area contributed by atoms with E-state index in [1.807, 2.05) is 54.1 Å². The Bertz CT molecular complexity index is 1200. The van der Waals surface area contributed by atoms with E-state index in [9.17, 15) is 4.79 Å². The molecule has 2 heterocycles. The standard InChI is InChI=1S/C25H26N4O2S/c1-18-9-4-6-11-20(18)15-28(3)23(30)17-32-25-27-26-24(22-13-7-5-10-19(22)2)29(25)16-21-12-8-14-31-21/h4-14H,15-17H2,1-3H3. The smallest absolute Gasteiger partial charge is 0.233 e. The van der Waals surface area contributed by atoms with Crippen molar-refractivity contribution in [3.63, 3.8) is 0 Å². The van der Waals surface area contributed by atoms with E-state index in [2.05, 4.69) is 42.2 Å². The van der Waals surface area contributed by atoms with Crippen LogP contribution in [-0.2, 0) is 17.9 Å². The van der Waals surface area contributed by atoms with Gasteiger partial charge in [0.05, 0.1) is 18.6 Å². The summed E-state index contributed by atoms with van der Waals surface area (Å²) in [5.41, 5.74) is 4.46. The van der Waals surface area contributed by atoms with Gasteiger partial charge in [0.25, 0.3) is 0 Å². The van der Waals surface area contributed by atoms with Crippen LogP contribution in [0.15, 0.2) is 76.5 Å². The van der Waals surface area contributed by atoms with Crippen LogP contribution in [0.3, 0.4) is 0 Å². The zero-order valence-corrected chi connectivity index (χ0v) is 19.3. The zero-order valence-electron chi connectivity index (χ0n) is 18.5. The second-order valence-corrected chi connectivity index (χ2v) is 8.69. The van der Waals surface area contributed by atoms with Crippen molar-refractivity contribution < 1.29 is 9.21 Å². The molecule has 0 radical (unpaired) electrons. The summed E-state index contributed by atoms with van der Waals surface area (Å²) in [6, 6.07) is 20.0. The minimum Gasteiger partial charge on any atom is -0.467 e. The first-order chi connectivity index (χ1) is 15.5. The topological polar surface area (TPSA) is 64.2 Å². The van der Waals surface area contributed by atoms with Crippen LogP contribution in [0, 0.1) is 13.8 Å². The summed E-state index contributed by atoms with van der Waals surface area (Å²) in [5, 5.41) is 9.55. The highest BCUT2D eigenvalue weighted by molar-refractivity contribution is 7.99. The van der Waals surface area contributed by atoms with E-state index < -0.39 is 0 Å². The van der Waals surface area contributed by atoms with Crippen LogP contribution in [0.25, 0.3) is 11.4 Å². The van der Waals surface area contributed by atoms with Gasteiger partial charge in [-0.05, 0) is 42.7 Å². The van der Waals surface area contributed by atoms with Crippen molar-refractivity contribution in [1.82, 2.24) is 19.7 Å². The molecule has 164 valence electrons. The number of aryl methyl sites for hydroxylation is 2. The number of thioether (sulfide) groups is 1. The average molecular weight is 447 g/mol. The molecule has 0 unspecified atom stereocenters. The predicted molar refractivity (Wildman–Crippen MR) is 126 cm³/mol. The van der Waals surface area contributed by atoms with Crippen molar-refractivity contribution in [3.8, 4) is 11.4 Å². The number of amides is 1.